The van der Waals surface area contributed by atoms with Gasteiger partial charge in [-0.2, -0.15) is 5.10 Å². The maximum atomic E-state index is 5.82. The highest BCUT2D eigenvalue weighted by atomic mass is 79.9. The Morgan fingerprint density at radius 2 is 2.42 bits per heavy atom. The van der Waals surface area contributed by atoms with Gasteiger partial charge >= 0.3 is 0 Å². The molecule has 2 atom stereocenters. The van der Waals surface area contributed by atoms with Crippen molar-refractivity contribution in [3.63, 3.8) is 0 Å². The first-order chi connectivity index (χ1) is 9.25. The Bertz CT molecular complexity index is 573. The zero-order valence-electron chi connectivity index (χ0n) is 10.5. The summed E-state index contributed by atoms with van der Waals surface area (Å²) in [6.45, 7) is 0.732. The van der Waals surface area contributed by atoms with Gasteiger partial charge in [-0.1, -0.05) is 0 Å². The van der Waals surface area contributed by atoms with Crippen LogP contribution in [0.1, 0.15) is 18.2 Å². The minimum absolute atomic E-state index is 0.00522. The Hall–Kier alpha value is -1.47. The topological polar surface area (TPSA) is 64.9 Å². The molecule has 1 aliphatic heterocycles. The van der Waals surface area contributed by atoms with Gasteiger partial charge in [-0.25, -0.2) is 9.97 Å². The van der Waals surface area contributed by atoms with Crippen LogP contribution in [0.5, 0.6) is 0 Å². The lowest BCUT2D eigenvalue weighted by Gasteiger charge is -2.20. The van der Waals surface area contributed by atoms with Gasteiger partial charge in [0, 0.05) is 26.0 Å². The molecule has 0 aliphatic carbocycles. The van der Waals surface area contributed by atoms with Crippen molar-refractivity contribution in [2.75, 3.05) is 11.9 Å². The van der Waals surface area contributed by atoms with Crippen LogP contribution in [0.15, 0.2) is 29.3 Å². The molecule has 2 aromatic heterocycles. The molecule has 0 bridgehead atoms. The van der Waals surface area contributed by atoms with Crippen LogP contribution in [0.2, 0.25) is 0 Å². The number of hydrogen-bond donors (Lipinski definition) is 1. The van der Waals surface area contributed by atoms with Crippen molar-refractivity contribution in [1.82, 2.24) is 19.7 Å². The molecule has 1 aliphatic rings. The van der Waals surface area contributed by atoms with E-state index in [4.69, 9.17) is 4.74 Å². The van der Waals surface area contributed by atoms with Crippen LogP contribution in [0.3, 0.4) is 0 Å². The van der Waals surface area contributed by atoms with E-state index in [1.54, 1.807) is 12.4 Å². The van der Waals surface area contributed by atoms with Crippen molar-refractivity contribution < 1.29 is 4.74 Å². The number of nitrogens with zero attached hydrogens (tertiary/aromatic N) is 4. The number of nitrogens with one attached hydrogen (secondary N) is 1. The molecule has 0 amide bonds. The summed E-state index contributed by atoms with van der Waals surface area (Å²) in [6.07, 6.45) is 5.97. The summed E-state index contributed by atoms with van der Waals surface area (Å²) in [5, 5.41) is 7.60. The van der Waals surface area contributed by atoms with Gasteiger partial charge in [0.1, 0.15) is 18.2 Å². The van der Waals surface area contributed by atoms with Gasteiger partial charge in [-0.05, 0) is 28.4 Å². The van der Waals surface area contributed by atoms with E-state index in [0.29, 0.717) is 0 Å². The second kappa shape index (κ2) is 5.26. The van der Waals surface area contributed by atoms with Crippen LogP contribution in [-0.2, 0) is 11.8 Å². The summed E-state index contributed by atoms with van der Waals surface area (Å²) < 4.78 is 8.52. The molecule has 0 unspecified atom stereocenters. The Kier molecular flexibility index (Phi) is 3.48. The third kappa shape index (κ3) is 2.48. The van der Waals surface area contributed by atoms with Gasteiger partial charge in [0.2, 0.25) is 0 Å². The fourth-order valence-corrected chi connectivity index (χ4v) is 2.62. The molecular formula is C12H14BrN5O. The SMILES string of the molecule is Cn1nccc1[C@H]1OCC[C@@H]1Nc1ncncc1Br. The van der Waals surface area contributed by atoms with Gasteiger partial charge in [-0.15, -0.1) is 0 Å². The van der Waals surface area contributed by atoms with E-state index >= 15 is 0 Å². The van der Waals surface area contributed by atoms with Crippen LogP contribution < -0.4 is 5.32 Å². The quantitative estimate of drug-likeness (QED) is 0.934. The fourth-order valence-electron chi connectivity index (χ4n) is 2.29. The Balaban J connectivity index is 1.81. The van der Waals surface area contributed by atoms with Crippen LogP contribution in [-0.4, -0.2) is 32.4 Å². The normalized spacial score (nSPS) is 22.6. The molecule has 2 aromatic rings. The van der Waals surface area contributed by atoms with Crippen molar-refractivity contribution >= 4 is 21.7 Å². The van der Waals surface area contributed by atoms with Crippen molar-refractivity contribution in [2.45, 2.75) is 18.6 Å². The Morgan fingerprint density at radius 3 is 3.16 bits per heavy atom. The molecule has 0 spiro atoms. The molecule has 1 saturated heterocycles. The highest BCUT2D eigenvalue weighted by molar-refractivity contribution is 9.10. The molecule has 1 N–H and O–H groups in total. The lowest BCUT2D eigenvalue weighted by Crippen LogP contribution is -2.25. The van der Waals surface area contributed by atoms with E-state index in [1.165, 1.54) is 6.33 Å². The van der Waals surface area contributed by atoms with Crippen molar-refractivity contribution in [3.8, 4) is 0 Å². The van der Waals surface area contributed by atoms with Gasteiger partial charge in [-0.3, -0.25) is 4.68 Å². The summed E-state index contributed by atoms with van der Waals surface area (Å²) >= 11 is 3.44. The number of rotatable bonds is 3. The largest absolute Gasteiger partial charge is 0.370 e. The fraction of sp³-hybridized carbons (Fsp3) is 0.417. The minimum atomic E-state index is -0.00522. The number of halogens is 1. The zero-order valence-corrected chi connectivity index (χ0v) is 12.0. The lowest BCUT2D eigenvalue weighted by molar-refractivity contribution is 0.101. The van der Waals surface area contributed by atoms with E-state index in [2.05, 4.69) is 36.3 Å². The first-order valence-corrected chi connectivity index (χ1v) is 6.86. The maximum Gasteiger partial charge on any atom is 0.144 e. The van der Waals surface area contributed by atoms with Gasteiger partial charge < -0.3 is 10.1 Å². The molecular weight excluding hydrogens is 310 g/mol. The summed E-state index contributed by atoms with van der Waals surface area (Å²) in [5.74, 6) is 0.790. The monoisotopic (exact) mass is 323 g/mol. The molecule has 0 saturated carbocycles. The average molecular weight is 324 g/mol. The minimum Gasteiger partial charge on any atom is -0.370 e. The highest BCUT2D eigenvalue weighted by Crippen LogP contribution is 2.32. The second-order valence-corrected chi connectivity index (χ2v) is 5.28. The molecule has 100 valence electrons. The first-order valence-electron chi connectivity index (χ1n) is 6.07. The van der Waals surface area contributed by atoms with E-state index in [0.717, 1.165) is 29.0 Å². The Labute approximate surface area is 119 Å². The number of aromatic nitrogens is 4. The Morgan fingerprint density at radius 1 is 1.53 bits per heavy atom. The molecule has 3 rings (SSSR count). The smallest absolute Gasteiger partial charge is 0.144 e. The van der Waals surface area contributed by atoms with Gasteiger partial charge in [0.15, 0.2) is 0 Å². The van der Waals surface area contributed by atoms with Crippen LogP contribution >= 0.6 is 15.9 Å². The predicted molar refractivity (Wildman–Crippen MR) is 73.7 cm³/mol. The van der Waals surface area contributed by atoms with Crippen molar-refractivity contribution in [3.05, 3.63) is 35.0 Å². The van der Waals surface area contributed by atoms with Crippen LogP contribution in [0.4, 0.5) is 5.82 Å². The van der Waals surface area contributed by atoms with E-state index in [-0.39, 0.29) is 12.1 Å². The zero-order chi connectivity index (χ0) is 13.2. The number of anilines is 1. The highest BCUT2D eigenvalue weighted by Gasteiger charge is 2.32. The molecule has 7 heteroatoms. The molecule has 19 heavy (non-hydrogen) atoms. The van der Waals surface area contributed by atoms with Crippen molar-refractivity contribution in [2.24, 2.45) is 7.05 Å². The number of ether oxygens (including phenoxy) is 1. The molecule has 1 fully saturated rings. The summed E-state index contributed by atoms with van der Waals surface area (Å²) in [7, 11) is 1.93. The van der Waals surface area contributed by atoms with E-state index in [9.17, 15) is 0 Å². The van der Waals surface area contributed by atoms with Crippen molar-refractivity contribution in [1.29, 1.82) is 0 Å². The van der Waals surface area contributed by atoms with Gasteiger partial charge in [0.05, 0.1) is 16.2 Å². The lowest BCUT2D eigenvalue weighted by atomic mass is 10.1. The molecule has 6 nitrogen and oxygen atoms in total. The van der Waals surface area contributed by atoms with Crippen LogP contribution in [0, 0.1) is 0 Å². The predicted octanol–water partition coefficient (Wildman–Crippen LogP) is 1.91. The van der Waals surface area contributed by atoms with Gasteiger partial charge in [0.25, 0.3) is 0 Å². The standard InChI is InChI=1S/C12H14BrN5O/c1-18-10(2-4-16-18)11-9(3-5-19-11)17-12-8(13)6-14-7-15-12/h2,4,6-7,9,11H,3,5H2,1H3,(H,14,15,17)/t9-,11-/m0/s1. The summed E-state index contributed by atoms with van der Waals surface area (Å²) in [4.78, 5) is 8.19. The molecule has 3 heterocycles. The molecule has 0 radical (unpaired) electrons. The van der Waals surface area contributed by atoms with E-state index < -0.39 is 0 Å². The third-order valence-electron chi connectivity index (χ3n) is 3.23. The van der Waals surface area contributed by atoms with E-state index in [1.807, 2.05) is 17.8 Å². The first kappa shape index (κ1) is 12.6. The molecule has 0 aromatic carbocycles. The average Bonchev–Trinajstić information content (AvgIpc) is 3.01. The third-order valence-corrected chi connectivity index (χ3v) is 3.81. The van der Waals surface area contributed by atoms with Crippen LogP contribution in [0.25, 0.3) is 0 Å². The maximum absolute atomic E-state index is 5.82. The summed E-state index contributed by atoms with van der Waals surface area (Å²) in [6, 6.07) is 2.17. The second-order valence-electron chi connectivity index (χ2n) is 4.43. The summed E-state index contributed by atoms with van der Waals surface area (Å²) in [5.41, 5.74) is 1.07. The number of aryl methyl sites for hydroxylation is 1. The number of hydrogen-bond acceptors (Lipinski definition) is 5.